The van der Waals surface area contributed by atoms with Crippen molar-refractivity contribution in [3.05, 3.63) is 43.5 Å². The predicted molar refractivity (Wildman–Crippen MR) is 84.9 cm³/mol. The summed E-state index contributed by atoms with van der Waals surface area (Å²) in [5.74, 6) is 0. The molecule has 0 spiro atoms. The molecule has 0 saturated carbocycles. The average molecular weight is 426 g/mol. The van der Waals surface area contributed by atoms with E-state index in [9.17, 15) is 8.42 Å². The van der Waals surface area contributed by atoms with Gasteiger partial charge in [0.05, 0.1) is 10.6 Å². The molecule has 0 saturated heterocycles. The maximum absolute atomic E-state index is 12.2. The molecule has 8 heteroatoms. The second-order valence-corrected chi connectivity index (χ2v) is 8.04. The lowest BCUT2D eigenvalue weighted by Gasteiger charge is -2.10. The molecule has 0 unspecified atom stereocenters. The molecule has 1 aromatic carbocycles. The maximum atomic E-state index is 12.2. The van der Waals surface area contributed by atoms with E-state index in [1.54, 1.807) is 23.6 Å². The summed E-state index contributed by atoms with van der Waals surface area (Å²) in [7, 11) is -3.60. The summed E-state index contributed by atoms with van der Waals surface area (Å²) in [6.45, 7) is 0.332. The van der Waals surface area contributed by atoms with Gasteiger partial charge in [0.15, 0.2) is 0 Å². The molecular weight excluding hydrogens is 416 g/mol. The number of anilines is 1. The Bertz CT molecular complexity index is 678. The highest BCUT2D eigenvalue weighted by Crippen LogP contribution is 2.33. The minimum absolute atomic E-state index is 0.223. The number of benzene rings is 1. The van der Waals surface area contributed by atoms with Gasteiger partial charge < -0.3 is 5.73 Å². The van der Waals surface area contributed by atoms with Gasteiger partial charge >= 0.3 is 0 Å². The van der Waals surface area contributed by atoms with E-state index in [0.717, 1.165) is 4.88 Å². The van der Waals surface area contributed by atoms with E-state index in [1.807, 2.05) is 6.07 Å². The highest BCUT2D eigenvalue weighted by atomic mass is 79.9. The van der Waals surface area contributed by atoms with Crippen molar-refractivity contribution in [3.63, 3.8) is 0 Å². The van der Waals surface area contributed by atoms with Crippen molar-refractivity contribution in [1.29, 1.82) is 0 Å². The Morgan fingerprint density at radius 2 is 1.89 bits per heavy atom. The maximum Gasteiger partial charge on any atom is 0.262 e. The fourth-order valence-corrected chi connectivity index (χ4v) is 5.11. The van der Waals surface area contributed by atoms with Crippen molar-refractivity contribution < 1.29 is 8.42 Å². The highest BCUT2D eigenvalue weighted by molar-refractivity contribution is 9.11. The summed E-state index contributed by atoms with van der Waals surface area (Å²) in [4.78, 5) is 1.05. The van der Waals surface area contributed by atoms with Crippen LogP contribution in [0, 0.1) is 0 Å². The van der Waals surface area contributed by atoms with Gasteiger partial charge in [-0.3, -0.25) is 4.72 Å². The molecule has 0 fully saturated rings. The second-order valence-electron chi connectivity index (χ2n) is 3.66. The zero-order valence-electron chi connectivity index (χ0n) is 9.56. The molecule has 102 valence electrons. The molecule has 0 aliphatic carbocycles. The largest absolute Gasteiger partial charge is 0.326 e. The van der Waals surface area contributed by atoms with Crippen molar-refractivity contribution in [2.75, 3.05) is 4.72 Å². The van der Waals surface area contributed by atoms with E-state index in [1.165, 1.54) is 11.3 Å². The smallest absolute Gasteiger partial charge is 0.262 e. The van der Waals surface area contributed by atoms with Crippen molar-refractivity contribution in [3.8, 4) is 0 Å². The van der Waals surface area contributed by atoms with Gasteiger partial charge in [0, 0.05) is 25.7 Å². The van der Waals surface area contributed by atoms with E-state index in [0.29, 0.717) is 21.2 Å². The molecule has 4 nitrogen and oxygen atoms in total. The van der Waals surface area contributed by atoms with Crippen LogP contribution in [0.4, 0.5) is 5.69 Å². The van der Waals surface area contributed by atoms with Crippen LogP contribution >= 0.6 is 43.2 Å². The second kappa shape index (κ2) is 5.92. The summed E-state index contributed by atoms with van der Waals surface area (Å²) >= 11 is 7.96. The first-order chi connectivity index (χ1) is 8.94. The monoisotopic (exact) mass is 424 g/mol. The van der Waals surface area contributed by atoms with Crippen LogP contribution in [0.25, 0.3) is 0 Å². The molecule has 3 N–H and O–H groups in total. The van der Waals surface area contributed by atoms with Crippen LogP contribution in [0.3, 0.4) is 0 Å². The SMILES string of the molecule is NCc1cc(S(=O)(=O)Nc2c(Br)cccc2Br)cs1. The first kappa shape index (κ1) is 15.0. The topological polar surface area (TPSA) is 72.2 Å². The summed E-state index contributed by atoms with van der Waals surface area (Å²) < 4.78 is 28.4. The quantitative estimate of drug-likeness (QED) is 0.786. The first-order valence-corrected chi connectivity index (χ1v) is 9.13. The Morgan fingerprint density at radius 1 is 1.26 bits per heavy atom. The van der Waals surface area contributed by atoms with Crippen LogP contribution in [-0.4, -0.2) is 8.42 Å². The molecule has 0 aliphatic rings. The van der Waals surface area contributed by atoms with E-state index in [2.05, 4.69) is 36.6 Å². The zero-order chi connectivity index (χ0) is 14.0. The summed E-state index contributed by atoms with van der Waals surface area (Å²) in [5.41, 5.74) is 5.96. The lowest BCUT2D eigenvalue weighted by atomic mass is 10.3. The first-order valence-electron chi connectivity index (χ1n) is 5.18. The van der Waals surface area contributed by atoms with E-state index < -0.39 is 10.0 Å². The van der Waals surface area contributed by atoms with Gasteiger partial charge in [0.2, 0.25) is 0 Å². The molecule has 1 heterocycles. The fraction of sp³-hybridized carbons (Fsp3) is 0.0909. The van der Waals surface area contributed by atoms with Gasteiger partial charge in [-0.05, 0) is 50.1 Å². The predicted octanol–water partition coefficient (Wildman–Crippen LogP) is 3.53. The summed E-state index contributed by atoms with van der Waals surface area (Å²) in [6, 6.07) is 6.92. The van der Waals surface area contributed by atoms with Gasteiger partial charge in [-0.1, -0.05) is 6.07 Å². The van der Waals surface area contributed by atoms with Gasteiger partial charge in [0.1, 0.15) is 0 Å². The number of sulfonamides is 1. The highest BCUT2D eigenvalue weighted by Gasteiger charge is 2.18. The Balaban J connectivity index is 2.36. The normalized spacial score (nSPS) is 11.5. The molecule has 0 atom stereocenters. The van der Waals surface area contributed by atoms with Crippen molar-refractivity contribution in [1.82, 2.24) is 0 Å². The van der Waals surface area contributed by atoms with E-state index in [4.69, 9.17) is 5.73 Å². The van der Waals surface area contributed by atoms with Gasteiger partial charge in [0.25, 0.3) is 10.0 Å². The third kappa shape index (κ3) is 3.38. The van der Waals surface area contributed by atoms with Crippen molar-refractivity contribution >= 4 is 58.9 Å². The van der Waals surface area contributed by atoms with Crippen molar-refractivity contribution in [2.24, 2.45) is 5.73 Å². The standard InChI is InChI=1S/C11H10Br2N2O2S2/c12-9-2-1-3-10(13)11(9)15-19(16,17)8-4-7(5-14)18-6-8/h1-4,6,15H,5,14H2. The Hall–Kier alpha value is -0.410. The van der Waals surface area contributed by atoms with Crippen LogP contribution < -0.4 is 10.5 Å². The molecule has 19 heavy (non-hydrogen) atoms. The number of nitrogens with two attached hydrogens (primary N) is 1. The van der Waals surface area contributed by atoms with Crippen molar-refractivity contribution in [2.45, 2.75) is 11.4 Å². The molecule has 0 amide bonds. The Kier molecular flexibility index (Phi) is 4.67. The number of rotatable bonds is 4. The summed E-state index contributed by atoms with van der Waals surface area (Å²) in [6.07, 6.45) is 0. The minimum Gasteiger partial charge on any atom is -0.326 e. The average Bonchev–Trinajstić information content (AvgIpc) is 2.83. The van der Waals surface area contributed by atoms with E-state index >= 15 is 0 Å². The van der Waals surface area contributed by atoms with Gasteiger partial charge in [-0.2, -0.15) is 0 Å². The molecule has 0 bridgehead atoms. The molecule has 2 rings (SSSR count). The number of nitrogens with one attached hydrogen (secondary N) is 1. The minimum atomic E-state index is -3.60. The Labute approximate surface area is 132 Å². The molecule has 0 aliphatic heterocycles. The number of thiophene rings is 1. The van der Waals surface area contributed by atoms with Crippen LogP contribution in [-0.2, 0) is 16.6 Å². The number of hydrogen-bond acceptors (Lipinski definition) is 4. The fourth-order valence-electron chi connectivity index (χ4n) is 1.40. The van der Waals surface area contributed by atoms with E-state index in [-0.39, 0.29) is 4.90 Å². The van der Waals surface area contributed by atoms with Gasteiger partial charge in [-0.15, -0.1) is 11.3 Å². The molecular formula is C11H10Br2N2O2S2. The van der Waals surface area contributed by atoms with Crippen LogP contribution in [0.2, 0.25) is 0 Å². The number of halogens is 2. The summed E-state index contributed by atoms with van der Waals surface area (Å²) in [5, 5.41) is 1.58. The van der Waals surface area contributed by atoms with Gasteiger partial charge in [-0.25, -0.2) is 8.42 Å². The third-order valence-electron chi connectivity index (χ3n) is 2.34. The van der Waals surface area contributed by atoms with Crippen LogP contribution in [0.15, 0.2) is 43.5 Å². The van der Waals surface area contributed by atoms with Crippen LogP contribution in [0.5, 0.6) is 0 Å². The molecule has 1 aromatic heterocycles. The Morgan fingerprint density at radius 3 is 2.42 bits per heavy atom. The number of para-hydroxylation sites is 1. The lowest BCUT2D eigenvalue weighted by molar-refractivity contribution is 0.601. The zero-order valence-corrected chi connectivity index (χ0v) is 14.4. The molecule has 0 radical (unpaired) electrons. The lowest BCUT2D eigenvalue weighted by Crippen LogP contribution is -2.13. The number of hydrogen-bond donors (Lipinski definition) is 2. The molecule has 2 aromatic rings. The third-order valence-corrected chi connectivity index (χ3v) is 6.10. The van der Waals surface area contributed by atoms with Crippen LogP contribution in [0.1, 0.15) is 4.88 Å².